The number of benzene rings is 2. The van der Waals surface area contributed by atoms with Gasteiger partial charge in [-0.15, -0.1) is 0 Å². The van der Waals surface area contributed by atoms with E-state index < -0.39 is 5.54 Å². The molecule has 0 bridgehead atoms. The predicted molar refractivity (Wildman–Crippen MR) is 84.5 cm³/mol. The molecule has 0 heterocycles. The van der Waals surface area contributed by atoms with Crippen LogP contribution in [-0.4, -0.2) is 17.6 Å². The van der Waals surface area contributed by atoms with E-state index in [1.807, 2.05) is 30.3 Å². The van der Waals surface area contributed by atoms with Crippen LogP contribution in [0.2, 0.25) is 5.02 Å². The fraction of sp³-hybridized carbons (Fsp3) is 0.235. The van der Waals surface area contributed by atoms with E-state index in [1.54, 1.807) is 32.0 Å². The van der Waals surface area contributed by atoms with Gasteiger partial charge in [0.15, 0.2) is 0 Å². The van der Waals surface area contributed by atoms with Gasteiger partial charge >= 0.3 is 0 Å². The molecule has 2 rings (SSSR count). The number of amides is 1. The lowest BCUT2D eigenvalue weighted by Crippen LogP contribution is -2.46. The molecule has 0 saturated carbocycles. The van der Waals surface area contributed by atoms with Crippen LogP contribution in [0.1, 0.15) is 28.4 Å². The molecule has 110 valence electrons. The third-order valence-corrected chi connectivity index (χ3v) is 4.04. The summed E-state index contributed by atoms with van der Waals surface area (Å²) in [4.78, 5) is 12.5. The number of hydrogen-bond donors (Lipinski definition) is 2. The summed E-state index contributed by atoms with van der Waals surface area (Å²) in [5.74, 6) is -0.254. The van der Waals surface area contributed by atoms with E-state index in [0.29, 0.717) is 10.6 Å². The van der Waals surface area contributed by atoms with Crippen molar-refractivity contribution in [3.05, 3.63) is 70.2 Å². The number of halogens is 1. The summed E-state index contributed by atoms with van der Waals surface area (Å²) < 4.78 is 0. The van der Waals surface area contributed by atoms with Gasteiger partial charge in [-0.25, -0.2) is 0 Å². The number of aliphatic hydroxyl groups excluding tert-OH is 1. The van der Waals surface area contributed by atoms with Crippen LogP contribution in [-0.2, 0) is 5.54 Å². The number of rotatable bonds is 4. The number of carbonyl (C=O) groups is 1. The van der Waals surface area contributed by atoms with Crippen LogP contribution in [0, 0.1) is 6.92 Å². The second-order valence-corrected chi connectivity index (χ2v) is 5.63. The van der Waals surface area contributed by atoms with E-state index >= 15 is 0 Å². The standard InChI is InChI=1S/C17H18ClNO2/c1-12-14(9-6-10-15(12)18)16(21)19-17(2,11-20)13-7-4-3-5-8-13/h3-10,20H,11H2,1-2H3,(H,19,21). The van der Waals surface area contributed by atoms with Crippen molar-refractivity contribution in [2.45, 2.75) is 19.4 Å². The van der Waals surface area contributed by atoms with Crippen LogP contribution >= 0.6 is 11.6 Å². The molecule has 1 amide bonds. The van der Waals surface area contributed by atoms with Gasteiger partial charge in [0.25, 0.3) is 5.91 Å². The van der Waals surface area contributed by atoms with E-state index in [-0.39, 0.29) is 12.5 Å². The molecule has 0 aliphatic rings. The van der Waals surface area contributed by atoms with Gasteiger partial charge in [-0.05, 0) is 37.1 Å². The lowest BCUT2D eigenvalue weighted by molar-refractivity contribution is 0.0849. The maximum absolute atomic E-state index is 12.5. The molecule has 0 spiro atoms. The molecule has 0 aliphatic heterocycles. The molecule has 0 aromatic heterocycles. The molecule has 0 radical (unpaired) electrons. The summed E-state index contributed by atoms with van der Waals surface area (Å²) >= 11 is 6.05. The molecule has 2 N–H and O–H groups in total. The minimum atomic E-state index is -0.840. The second-order valence-electron chi connectivity index (χ2n) is 5.22. The number of nitrogens with one attached hydrogen (secondary N) is 1. The Morgan fingerprint density at radius 2 is 1.86 bits per heavy atom. The highest BCUT2D eigenvalue weighted by Crippen LogP contribution is 2.23. The fourth-order valence-electron chi connectivity index (χ4n) is 2.18. The monoisotopic (exact) mass is 303 g/mol. The van der Waals surface area contributed by atoms with Crippen molar-refractivity contribution in [3.8, 4) is 0 Å². The Kier molecular flexibility index (Phi) is 4.66. The Bertz CT molecular complexity index is 642. The minimum absolute atomic E-state index is 0.192. The zero-order valence-electron chi connectivity index (χ0n) is 12.1. The van der Waals surface area contributed by atoms with Crippen molar-refractivity contribution in [2.75, 3.05) is 6.61 Å². The first-order valence-electron chi connectivity index (χ1n) is 6.72. The van der Waals surface area contributed by atoms with Crippen LogP contribution in [0.25, 0.3) is 0 Å². The highest BCUT2D eigenvalue weighted by atomic mass is 35.5. The van der Waals surface area contributed by atoms with Gasteiger partial charge in [0.2, 0.25) is 0 Å². The molecule has 1 unspecified atom stereocenters. The molecule has 0 aliphatic carbocycles. The smallest absolute Gasteiger partial charge is 0.252 e. The van der Waals surface area contributed by atoms with Crippen molar-refractivity contribution < 1.29 is 9.90 Å². The summed E-state index contributed by atoms with van der Waals surface area (Å²) in [6.07, 6.45) is 0. The first-order valence-corrected chi connectivity index (χ1v) is 7.10. The number of hydrogen-bond acceptors (Lipinski definition) is 2. The maximum Gasteiger partial charge on any atom is 0.252 e. The van der Waals surface area contributed by atoms with Crippen molar-refractivity contribution >= 4 is 17.5 Å². The lowest BCUT2D eigenvalue weighted by Gasteiger charge is -2.29. The van der Waals surface area contributed by atoms with Crippen molar-refractivity contribution in [3.63, 3.8) is 0 Å². The summed E-state index contributed by atoms with van der Waals surface area (Å²) in [6, 6.07) is 14.6. The summed E-state index contributed by atoms with van der Waals surface area (Å²) in [5, 5.41) is 13.2. The first-order chi connectivity index (χ1) is 9.98. The van der Waals surface area contributed by atoms with Gasteiger partial charge in [0.1, 0.15) is 0 Å². The highest BCUT2D eigenvalue weighted by Gasteiger charge is 2.28. The Morgan fingerprint density at radius 1 is 1.19 bits per heavy atom. The van der Waals surface area contributed by atoms with Crippen molar-refractivity contribution in [1.29, 1.82) is 0 Å². The quantitative estimate of drug-likeness (QED) is 0.910. The zero-order valence-corrected chi connectivity index (χ0v) is 12.8. The topological polar surface area (TPSA) is 49.3 Å². The molecule has 2 aromatic carbocycles. The van der Waals surface area contributed by atoms with Crippen LogP contribution in [0.4, 0.5) is 0 Å². The van der Waals surface area contributed by atoms with E-state index in [1.165, 1.54) is 0 Å². The van der Waals surface area contributed by atoms with Gasteiger partial charge in [0.05, 0.1) is 12.1 Å². The van der Waals surface area contributed by atoms with Gasteiger partial charge < -0.3 is 10.4 Å². The SMILES string of the molecule is Cc1c(Cl)cccc1C(=O)NC(C)(CO)c1ccccc1. The van der Waals surface area contributed by atoms with Crippen molar-refractivity contribution in [2.24, 2.45) is 0 Å². The van der Waals surface area contributed by atoms with Gasteiger partial charge in [0, 0.05) is 10.6 Å². The van der Waals surface area contributed by atoms with E-state index in [2.05, 4.69) is 5.32 Å². The third kappa shape index (κ3) is 3.26. The maximum atomic E-state index is 12.5. The Hall–Kier alpha value is -1.84. The lowest BCUT2D eigenvalue weighted by atomic mass is 9.92. The van der Waals surface area contributed by atoms with Gasteiger partial charge in [-0.1, -0.05) is 48.0 Å². The first kappa shape index (κ1) is 15.5. The zero-order chi connectivity index (χ0) is 15.5. The van der Waals surface area contributed by atoms with Crippen LogP contribution in [0.5, 0.6) is 0 Å². The molecule has 0 saturated heterocycles. The number of carbonyl (C=O) groups excluding carboxylic acids is 1. The molecule has 21 heavy (non-hydrogen) atoms. The Balaban J connectivity index is 2.30. The third-order valence-electron chi connectivity index (χ3n) is 3.63. The average molecular weight is 304 g/mol. The van der Waals surface area contributed by atoms with Gasteiger partial charge in [-0.3, -0.25) is 4.79 Å². The summed E-state index contributed by atoms with van der Waals surface area (Å²) in [6.45, 7) is 3.40. The molecule has 1 atom stereocenters. The molecule has 4 heteroatoms. The summed E-state index contributed by atoms with van der Waals surface area (Å²) in [7, 11) is 0. The molecular formula is C17H18ClNO2. The molecule has 3 nitrogen and oxygen atoms in total. The number of aliphatic hydroxyl groups is 1. The summed E-state index contributed by atoms with van der Waals surface area (Å²) in [5.41, 5.74) is 1.25. The minimum Gasteiger partial charge on any atom is -0.394 e. The van der Waals surface area contributed by atoms with Crippen LogP contribution in [0.15, 0.2) is 48.5 Å². The second kappa shape index (κ2) is 6.29. The molecular weight excluding hydrogens is 286 g/mol. The van der Waals surface area contributed by atoms with E-state index in [9.17, 15) is 9.90 Å². The Labute approximate surface area is 129 Å². The predicted octanol–water partition coefficient (Wildman–Crippen LogP) is 3.29. The normalized spacial score (nSPS) is 13.5. The van der Waals surface area contributed by atoms with E-state index in [4.69, 9.17) is 11.6 Å². The molecule has 2 aromatic rings. The Morgan fingerprint density at radius 3 is 2.48 bits per heavy atom. The fourth-order valence-corrected chi connectivity index (χ4v) is 2.35. The van der Waals surface area contributed by atoms with E-state index in [0.717, 1.165) is 11.1 Å². The molecule has 0 fully saturated rings. The van der Waals surface area contributed by atoms with Crippen LogP contribution in [0.3, 0.4) is 0 Å². The van der Waals surface area contributed by atoms with Crippen molar-refractivity contribution in [1.82, 2.24) is 5.32 Å². The van der Waals surface area contributed by atoms with Gasteiger partial charge in [-0.2, -0.15) is 0 Å². The largest absolute Gasteiger partial charge is 0.394 e. The highest BCUT2D eigenvalue weighted by molar-refractivity contribution is 6.31. The average Bonchev–Trinajstić information content (AvgIpc) is 2.50. The van der Waals surface area contributed by atoms with Crippen LogP contribution < -0.4 is 5.32 Å².